The second-order valence-electron chi connectivity index (χ2n) is 5.15. The predicted molar refractivity (Wildman–Crippen MR) is 77.5 cm³/mol. The van der Waals surface area contributed by atoms with E-state index in [1.807, 2.05) is 30.3 Å². The molecule has 0 heterocycles. The van der Waals surface area contributed by atoms with Gasteiger partial charge in [0.05, 0.1) is 6.54 Å². The molecule has 0 aliphatic heterocycles. The Morgan fingerprint density at radius 2 is 1.89 bits per heavy atom. The second kappa shape index (κ2) is 7.63. The summed E-state index contributed by atoms with van der Waals surface area (Å²) in [5, 5.41) is 2.89. The molecule has 2 rings (SSSR count). The normalized spacial score (nSPS) is 15.4. The van der Waals surface area contributed by atoms with E-state index >= 15 is 0 Å². The fourth-order valence-corrected chi connectivity index (χ4v) is 2.54. The molecular formula is C17H21NO. The van der Waals surface area contributed by atoms with Gasteiger partial charge in [0.2, 0.25) is 5.91 Å². The van der Waals surface area contributed by atoms with E-state index in [0.29, 0.717) is 18.9 Å². The zero-order valence-corrected chi connectivity index (χ0v) is 11.3. The molecule has 1 aliphatic carbocycles. The first-order valence-electron chi connectivity index (χ1n) is 7.15. The predicted octanol–water partition coefficient (Wildman–Crippen LogP) is 3.12. The summed E-state index contributed by atoms with van der Waals surface area (Å²) in [7, 11) is 0. The topological polar surface area (TPSA) is 29.1 Å². The zero-order valence-electron chi connectivity index (χ0n) is 11.3. The van der Waals surface area contributed by atoms with Gasteiger partial charge >= 0.3 is 0 Å². The molecule has 1 saturated carbocycles. The van der Waals surface area contributed by atoms with Crippen LogP contribution in [-0.4, -0.2) is 12.5 Å². The number of carbonyl (C=O) groups is 1. The Morgan fingerprint density at radius 3 is 2.63 bits per heavy atom. The third-order valence-electron chi connectivity index (χ3n) is 3.58. The van der Waals surface area contributed by atoms with Gasteiger partial charge in [0.25, 0.3) is 0 Å². The van der Waals surface area contributed by atoms with Crippen LogP contribution in [0.4, 0.5) is 0 Å². The summed E-state index contributed by atoms with van der Waals surface area (Å²) in [6.07, 6.45) is 7.00. The first-order chi connectivity index (χ1) is 9.34. The SMILES string of the molecule is O=C(CC1CCCCC1)NCC#Cc1ccccc1. The molecule has 0 saturated heterocycles. The van der Waals surface area contributed by atoms with Gasteiger partial charge in [-0.2, -0.15) is 0 Å². The van der Waals surface area contributed by atoms with Crippen molar-refractivity contribution in [1.29, 1.82) is 0 Å². The summed E-state index contributed by atoms with van der Waals surface area (Å²) >= 11 is 0. The Morgan fingerprint density at radius 1 is 1.16 bits per heavy atom. The molecule has 19 heavy (non-hydrogen) atoms. The molecule has 0 radical (unpaired) electrons. The smallest absolute Gasteiger partial charge is 0.221 e. The van der Waals surface area contributed by atoms with Gasteiger partial charge < -0.3 is 5.32 Å². The molecule has 1 N–H and O–H groups in total. The largest absolute Gasteiger partial charge is 0.345 e. The first kappa shape index (κ1) is 13.7. The lowest BCUT2D eigenvalue weighted by atomic mass is 9.87. The number of hydrogen-bond donors (Lipinski definition) is 1. The van der Waals surface area contributed by atoms with Gasteiger partial charge in [0.1, 0.15) is 0 Å². The maximum absolute atomic E-state index is 11.7. The van der Waals surface area contributed by atoms with Gasteiger partial charge in [-0.1, -0.05) is 49.3 Å². The Kier molecular flexibility index (Phi) is 5.49. The van der Waals surface area contributed by atoms with Crippen LogP contribution in [0.5, 0.6) is 0 Å². The third kappa shape index (κ3) is 5.18. The fraction of sp³-hybridized carbons (Fsp3) is 0.471. The van der Waals surface area contributed by atoms with Crippen LogP contribution in [0.15, 0.2) is 30.3 Å². The van der Waals surface area contributed by atoms with Crippen LogP contribution in [0.3, 0.4) is 0 Å². The number of nitrogens with one attached hydrogen (secondary N) is 1. The quantitative estimate of drug-likeness (QED) is 0.826. The van der Waals surface area contributed by atoms with Crippen LogP contribution < -0.4 is 5.32 Å². The average molecular weight is 255 g/mol. The van der Waals surface area contributed by atoms with Crippen LogP contribution in [0.2, 0.25) is 0 Å². The Labute approximate surface area is 115 Å². The van der Waals surface area contributed by atoms with E-state index in [4.69, 9.17) is 0 Å². The van der Waals surface area contributed by atoms with E-state index in [1.165, 1.54) is 32.1 Å². The van der Waals surface area contributed by atoms with Gasteiger partial charge in [0.15, 0.2) is 0 Å². The second-order valence-corrected chi connectivity index (χ2v) is 5.15. The van der Waals surface area contributed by atoms with Crippen LogP contribution in [-0.2, 0) is 4.79 Å². The third-order valence-corrected chi connectivity index (χ3v) is 3.58. The molecule has 100 valence electrons. The van der Waals surface area contributed by atoms with Gasteiger partial charge in [-0.05, 0) is 30.9 Å². The van der Waals surface area contributed by atoms with Crippen LogP contribution in [0, 0.1) is 17.8 Å². The van der Waals surface area contributed by atoms with Gasteiger partial charge in [0, 0.05) is 12.0 Å². The van der Waals surface area contributed by atoms with Crippen molar-refractivity contribution < 1.29 is 4.79 Å². The fourth-order valence-electron chi connectivity index (χ4n) is 2.54. The highest BCUT2D eigenvalue weighted by atomic mass is 16.1. The van der Waals surface area contributed by atoms with E-state index in [0.717, 1.165) is 5.56 Å². The summed E-state index contributed by atoms with van der Waals surface area (Å²) in [5.41, 5.74) is 0.990. The Balaban J connectivity index is 1.68. The molecule has 1 aliphatic rings. The van der Waals surface area contributed by atoms with Crippen molar-refractivity contribution in [2.45, 2.75) is 38.5 Å². The lowest BCUT2D eigenvalue weighted by Crippen LogP contribution is -2.26. The number of benzene rings is 1. The molecule has 1 amide bonds. The van der Waals surface area contributed by atoms with E-state index in [9.17, 15) is 4.79 Å². The molecule has 2 nitrogen and oxygen atoms in total. The molecule has 0 spiro atoms. The molecule has 0 bridgehead atoms. The van der Waals surface area contributed by atoms with E-state index in [1.54, 1.807) is 0 Å². The van der Waals surface area contributed by atoms with Gasteiger partial charge in [-0.15, -0.1) is 0 Å². The van der Waals surface area contributed by atoms with Crippen LogP contribution in [0.1, 0.15) is 44.1 Å². The lowest BCUT2D eigenvalue weighted by molar-refractivity contribution is -0.122. The highest BCUT2D eigenvalue weighted by molar-refractivity contribution is 5.76. The summed E-state index contributed by atoms with van der Waals surface area (Å²) in [4.78, 5) is 11.7. The number of hydrogen-bond acceptors (Lipinski definition) is 1. The number of amides is 1. The molecule has 2 heteroatoms. The summed E-state index contributed by atoms with van der Waals surface area (Å²) < 4.78 is 0. The van der Waals surface area contributed by atoms with Crippen LogP contribution >= 0.6 is 0 Å². The average Bonchev–Trinajstić information content (AvgIpc) is 2.46. The molecule has 1 aromatic carbocycles. The van der Waals surface area contributed by atoms with E-state index in [2.05, 4.69) is 17.2 Å². The maximum Gasteiger partial charge on any atom is 0.221 e. The highest BCUT2D eigenvalue weighted by Crippen LogP contribution is 2.25. The standard InChI is InChI=1S/C17H21NO/c19-17(14-16-10-5-2-6-11-16)18-13-7-12-15-8-3-1-4-9-15/h1,3-4,8-9,16H,2,5-6,10-11,13-14H2,(H,18,19). The number of rotatable bonds is 3. The summed E-state index contributed by atoms with van der Waals surface area (Å²) in [6, 6.07) is 9.84. The minimum absolute atomic E-state index is 0.147. The maximum atomic E-state index is 11.7. The van der Waals surface area contributed by atoms with Gasteiger partial charge in [-0.3, -0.25) is 4.79 Å². The zero-order chi connectivity index (χ0) is 13.3. The first-order valence-corrected chi connectivity index (χ1v) is 7.15. The van der Waals surface area contributed by atoms with E-state index in [-0.39, 0.29) is 5.91 Å². The highest BCUT2D eigenvalue weighted by Gasteiger charge is 2.16. The number of carbonyl (C=O) groups excluding carboxylic acids is 1. The van der Waals surface area contributed by atoms with Crippen molar-refractivity contribution in [3.63, 3.8) is 0 Å². The minimum Gasteiger partial charge on any atom is -0.345 e. The monoisotopic (exact) mass is 255 g/mol. The lowest BCUT2D eigenvalue weighted by Gasteiger charge is -2.20. The molecule has 0 unspecified atom stereocenters. The molecule has 0 aromatic heterocycles. The molecule has 1 fully saturated rings. The minimum atomic E-state index is 0.147. The van der Waals surface area contributed by atoms with Crippen molar-refractivity contribution in [3.8, 4) is 11.8 Å². The summed E-state index contributed by atoms with van der Waals surface area (Å²) in [5.74, 6) is 6.77. The Bertz CT molecular complexity index is 449. The van der Waals surface area contributed by atoms with Crippen molar-refractivity contribution in [2.75, 3.05) is 6.54 Å². The van der Waals surface area contributed by atoms with Gasteiger partial charge in [-0.25, -0.2) is 0 Å². The molecule has 1 aromatic rings. The molecule has 0 atom stereocenters. The van der Waals surface area contributed by atoms with Crippen molar-refractivity contribution >= 4 is 5.91 Å². The Hall–Kier alpha value is -1.75. The van der Waals surface area contributed by atoms with Crippen LogP contribution in [0.25, 0.3) is 0 Å². The van der Waals surface area contributed by atoms with Crippen molar-refractivity contribution in [1.82, 2.24) is 5.32 Å². The summed E-state index contributed by atoms with van der Waals surface area (Å²) in [6.45, 7) is 0.445. The van der Waals surface area contributed by atoms with Crippen molar-refractivity contribution in [3.05, 3.63) is 35.9 Å². The molecular weight excluding hydrogens is 234 g/mol. The van der Waals surface area contributed by atoms with E-state index < -0.39 is 0 Å². The van der Waals surface area contributed by atoms with Crippen molar-refractivity contribution in [2.24, 2.45) is 5.92 Å².